The Balaban J connectivity index is 1.61. The monoisotopic (exact) mass is 491 g/mol. The molecule has 2 aromatic carbocycles. The van der Waals surface area contributed by atoms with Crippen LogP contribution in [0.25, 0.3) is 0 Å². The van der Waals surface area contributed by atoms with Gasteiger partial charge in [-0.1, -0.05) is 53.2 Å². The van der Waals surface area contributed by atoms with Crippen molar-refractivity contribution in [1.82, 2.24) is 14.8 Å². The van der Waals surface area contributed by atoms with E-state index in [1.807, 2.05) is 43.5 Å². The molecule has 0 fully saturated rings. The molecule has 0 atom stereocenters. The topological polar surface area (TPSA) is 88.9 Å². The van der Waals surface area contributed by atoms with E-state index in [0.717, 1.165) is 16.8 Å². The van der Waals surface area contributed by atoms with E-state index >= 15 is 0 Å². The van der Waals surface area contributed by atoms with Gasteiger partial charge in [0.1, 0.15) is 5.82 Å². The Morgan fingerprint density at radius 2 is 1.72 bits per heavy atom. The number of hydrogen-bond acceptors (Lipinski definition) is 5. The lowest BCUT2D eigenvalue weighted by molar-refractivity contribution is -0.116. The van der Waals surface area contributed by atoms with Gasteiger partial charge < -0.3 is 15.2 Å². The molecule has 0 spiro atoms. The Morgan fingerprint density at radius 1 is 1.00 bits per heavy atom. The second kappa shape index (κ2) is 10.8. The van der Waals surface area contributed by atoms with Crippen molar-refractivity contribution in [3.8, 4) is 0 Å². The number of aryl methyl sites for hydroxylation is 2. The number of rotatable bonds is 8. The second-order valence-electron chi connectivity index (χ2n) is 7.10. The number of nitrogens with one attached hydrogen (secondary N) is 2. The Hall–Kier alpha value is -2.55. The van der Waals surface area contributed by atoms with E-state index in [2.05, 4.69) is 20.8 Å². The molecular formula is C22H23Cl2N5O2S. The van der Waals surface area contributed by atoms with Gasteiger partial charge in [0.2, 0.25) is 11.8 Å². The lowest BCUT2D eigenvalue weighted by Gasteiger charge is -2.11. The fourth-order valence-corrected chi connectivity index (χ4v) is 4.23. The molecule has 10 heteroatoms. The van der Waals surface area contributed by atoms with E-state index in [4.69, 9.17) is 23.2 Å². The van der Waals surface area contributed by atoms with Crippen LogP contribution in [0.15, 0.2) is 41.6 Å². The molecule has 0 bridgehead atoms. The molecule has 3 rings (SSSR count). The van der Waals surface area contributed by atoms with Gasteiger partial charge in [0.25, 0.3) is 0 Å². The summed E-state index contributed by atoms with van der Waals surface area (Å²) in [6, 6.07) is 10.7. The maximum absolute atomic E-state index is 12.5. The minimum Gasteiger partial charge on any atom is -0.326 e. The van der Waals surface area contributed by atoms with Crippen LogP contribution < -0.4 is 10.6 Å². The van der Waals surface area contributed by atoms with E-state index in [0.29, 0.717) is 33.3 Å². The van der Waals surface area contributed by atoms with Crippen LogP contribution in [0.2, 0.25) is 10.0 Å². The first kappa shape index (κ1) is 24.1. The van der Waals surface area contributed by atoms with E-state index in [1.54, 1.807) is 18.2 Å². The van der Waals surface area contributed by atoms with Crippen molar-refractivity contribution in [3.63, 3.8) is 0 Å². The molecule has 0 aliphatic heterocycles. The van der Waals surface area contributed by atoms with Gasteiger partial charge in [0.05, 0.1) is 22.2 Å². The molecule has 3 aromatic rings. The van der Waals surface area contributed by atoms with Crippen molar-refractivity contribution in [1.29, 1.82) is 0 Å². The van der Waals surface area contributed by atoms with Crippen molar-refractivity contribution >= 4 is 58.2 Å². The van der Waals surface area contributed by atoms with Gasteiger partial charge in [-0.3, -0.25) is 9.59 Å². The third kappa shape index (κ3) is 6.03. The number of nitrogens with zero attached hydrogens (tertiary/aromatic N) is 3. The Morgan fingerprint density at radius 3 is 2.38 bits per heavy atom. The summed E-state index contributed by atoms with van der Waals surface area (Å²) < 4.78 is 1.82. The molecule has 1 aromatic heterocycles. The molecule has 0 aliphatic rings. The van der Waals surface area contributed by atoms with Gasteiger partial charge in [-0.2, -0.15) is 0 Å². The normalized spacial score (nSPS) is 10.8. The van der Waals surface area contributed by atoms with Crippen LogP contribution in [0, 0.1) is 13.8 Å². The SMILES string of the molecule is CCn1c(CC(=O)Nc2ccc(Cl)c(Cl)c2)nnc1SCC(=O)Nc1c(C)cccc1C. The summed E-state index contributed by atoms with van der Waals surface area (Å²) in [4.78, 5) is 24.9. The molecule has 32 heavy (non-hydrogen) atoms. The summed E-state index contributed by atoms with van der Waals surface area (Å²) in [5.74, 6) is 0.316. The van der Waals surface area contributed by atoms with Crippen LogP contribution in [-0.2, 0) is 22.6 Å². The lowest BCUT2D eigenvalue weighted by atomic mass is 10.1. The molecule has 0 unspecified atom stereocenters. The number of carbonyl (C=O) groups is 2. The van der Waals surface area contributed by atoms with Crippen LogP contribution in [0.4, 0.5) is 11.4 Å². The number of hydrogen-bond donors (Lipinski definition) is 2. The summed E-state index contributed by atoms with van der Waals surface area (Å²) in [6.45, 7) is 6.42. The molecular weight excluding hydrogens is 469 g/mol. The molecule has 7 nitrogen and oxygen atoms in total. The summed E-state index contributed by atoms with van der Waals surface area (Å²) >= 11 is 13.2. The van der Waals surface area contributed by atoms with Crippen molar-refractivity contribution in [2.75, 3.05) is 16.4 Å². The highest BCUT2D eigenvalue weighted by Crippen LogP contribution is 2.25. The van der Waals surface area contributed by atoms with Gasteiger partial charge in [-0.05, 0) is 50.1 Å². The second-order valence-corrected chi connectivity index (χ2v) is 8.86. The fraction of sp³-hybridized carbons (Fsp3) is 0.273. The number of halogens is 2. The maximum Gasteiger partial charge on any atom is 0.234 e. The number of thioether (sulfide) groups is 1. The average molecular weight is 492 g/mol. The van der Waals surface area contributed by atoms with Crippen molar-refractivity contribution < 1.29 is 9.59 Å². The number of amides is 2. The molecule has 0 saturated heterocycles. The molecule has 2 N–H and O–H groups in total. The van der Waals surface area contributed by atoms with Gasteiger partial charge in [-0.25, -0.2) is 0 Å². The Kier molecular flexibility index (Phi) is 8.17. The van der Waals surface area contributed by atoms with E-state index in [1.165, 1.54) is 11.8 Å². The number of aromatic nitrogens is 3. The molecule has 0 aliphatic carbocycles. The smallest absolute Gasteiger partial charge is 0.234 e. The molecule has 1 heterocycles. The number of benzene rings is 2. The van der Waals surface area contributed by atoms with Crippen LogP contribution in [0.1, 0.15) is 23.9 Å². The van der Waals surface area contributed by atoms with Gasteiger partial charge >= 0.3 is 0 Å². The zero-order chi connectivity index (χ0) is 23.3. The van der Waals surface area contributed by atoms with Crippen molar-refractivity contribution in [3.05, 3.63) is 63.4 Å². The summed E-state index contributed by atoms with van der Waals surface area (Å²) in [6.07, 6.45) is 0.0379. The van der Waals surface area contributed by atoms with Crippen LogP contribution >= 0.6 is 35.0 Å². The lowest BCUT2D eigenvalue weighted by Crippen LogP contribution is -2.18. The number of para-hydroxylation sites is 1. The minimum atomic E-state index is -0.255. The molecule has 2 amide bonds. The van der Waals surface area contributed by atoms with Crippen molar-refractivity contribution in [2.45, 2.75) is 38.9 Å². The van der Waals surface area contributed by atoms with Crippen molar-refractivity contribution in [2.24, 2.45) is 0 Å². The van der Waals surface area contributed by atoms with Crippen LogP contribution in [-0.4, -0.2) is 32.3 Å². The van der Waals surface area contributed by atoms with E-state index in [9.17, 15) is 9.59 Å². The van der Waals surface area contributed by atoms with E-state index < -0.39 is 0 Å². The quantitative estimate of drug-likeness (QED) is 0.426. The predicted octanol–water partition coefficient (Wildman–Crippen LogP) is 5.13. The molecule has 0 radical (unpaired) electrons. The highest BCUT2D eigenvalue weighted by Gasteiger charge is 2.17. The zero-order valence-electron chi connectivity index (χ0n) is 17.9. The first-order valence-corrected chi connectivity index (χ1v) is 11.7. The Labute approximate surface area is 200 Å². The van der Waals surface area contributed by atoms with E-state index in [-0.39, 0.29) is 24.0 Å². The maximum atomic E-state index is 12.5. The standard InChI is InChI=1S/C22H23Cl2N5O2S/c1-4-29-18(11-19(30)25-15-8-9-16(23)17(24)10-15)27-28-22(29)32-12-20(31)26-21-13(2)6-5-7-14(21)3/h5-10H,4,11-12H2,1-3H3,(H,25,30)(H,26,31). The van der Waals surface area contributed by atoms with Gasteiger partial charge in [0.15, 0.2) is 5.16 Å². The summed E-state index contributed by atoms with van der Waals surface area (Å²) in [5, 5.41) is 15.4. The summed E-state index contributed by atoms with van der Waals surface area (Å²) in [5.41, 5.74) is 3.39. The first-order valence-electron chi connectivity index (χ1n) is 9.94. The largest absolute Gasteiger partial charge is 0.326 e. The van der Waals surface area contributed by atoms with Crippen LogP contribution in [0.3, 0.4) is 0 Å². The third-order valence-electron chi connectivity index (χ3n) is 4.71. The highest BCUT2D eigenvalue weighted by molar-refractivity contribution is 7.99. The first-order chi connectivity index (χ1) is 15.3. The predicted molar refractivity (Wildman–Crippen MR) is 130 cm³/mol. The summed E-state index contributed by atoms with van der Waals surface area (Å²) in [7, 11) is 0. The Bertz CT molecular complexity index is 1130. The third-order valence-corrected chi connectivity index (χ3v) is 6.42. The fourth-order valence-electron chi connectivity index (χ4n) is 3.11. The zero-order valence-corrected chi connectivity index (χ0v) is 20.2. The number of anilines is 2. The highest BCUT2D eigenvalue weighted by atomic mass is 35.5. The van der Waals surface area contributed by atoms with Crippen LogP contribution in [0.5, 0.6) is 0 Å². The van der Waals surface area contributed by atoms with Gasteiger partial charge in [0, 0.05) is 17.9 Å². The molecule has 168 valence electrons. The van der Waals surface area contributed by atoms with Gasteiger partial charge in [-0.15, -0.1) is 10.2 Å². The number of carbonyl (C=O) groups excluding carboxylic acids is 2. The average Bonchev–Trinajstić information content (AvgIpc) is 3.13. The molecule has 0 saturated carbocycles. The minimum absolute atomic E-state index is 0.0379.